The van der Waals surface area contributed by atoms with Gasteiger partial charge in [0.15, 0.2) is 0 Å². The zero-order valence-corrected chi connectivity index (χ0v) is 11.9. The van der Waals surface area contributed by atoms with Gasteiger partial charge in [-0.25, -0.2) is 4.79 Å². The predicted molar refractivity (Wildman–Crippen MR) is 77.4 cm³/mol. The Morgan fingerprint density at radius 1 is 1.00 bits per heavy atom. The number of esters is 1. The lowest BCUT2D eigenvalue weighted by molar-refractivity contribution is -0.138. The second-order valence-electron chi connectivity index (χ2n) is 4.03. The number of allylic oxidation sites excluding steroid dienone is 4. The van der Waals surface area contributed by atoms with Crippen LogP contribution in [0.1, 0.15) is 52.9 Å². The van der Waals surface area contributed by atoms with E-state index < -0.39 is 0 Å². The van der Waals surface area contributed by atoms with Crippen LogP contribution in [0.15, 0.2) is 36.0 Å². The average molecular weight is 250 g/mol. The molecule has 0 aromatic rings. The Bertz CT molecular complexity index is 298. The fourth-order valence-electron chi connectivity index (χ4n) is 1.42. The number of hydrogen-bond acceptors (Lipinski definition) is 2. The molecule has 102 valence electrons. The lowest BCUT2D eigenvalue weighted by Gasteiger charge is -2.02. The normalized spacial score (nSPS) is 12.5. The molecule has 0 heterocycles. The van der Waals surface area contributed by atoms with Crippen LogP contribution in [0.5, 0.6) is 0 Å². The van der Waals surface area contributed by atoms with Gasteiger partial charge >= 0.3 is 5.97 Å². The van der Waals surface area contributed by atoms with Crippen molar-refractivity contribution in [2.45, 2.75) is 52.9 Å². The van der Waals surface area contributed by atoms with Crippen molar-refractivity contribution in [3.63, 3.8) is 0 Å². The third-order valence-electron chi connectivity index (χ3n) is 2.36. The van der Waals surface area contributed by atoms with Gasteiger partial charge in [0.05, 0.1) is 12.2 Å². The van der Waals surface area contributed by atoms with Crippen molar-refractivity contribution in [1.82, 2.24) is 0 Å². The van der Waals surface area contributed by atoms with E-state index in [1.807, 2.05) is 32.1 Å². The maximum absolute atomic E-state index is 11.7. The second-order valence-corrected chi connectivity index (χ2v) is 4.03. The fourth-order valence-corrected chi connectivity index (χ4v) is 1.42. The smallest absolute Gasteiger partial charge is 0.337 e. The summed E-state index contributed by atoms with van der Waals surface area (Å²) in [4.78, 5) is 11.7. The average Bonchev–Trinajstić information content (AvgIpc) is 2.37. The highest BCUT2D eigenvalue weighted by Gasteiger charge is 2.05. The number of ether oxygens (including phenoxy) is 1. The van der Waals surface area contributed by atoms with Gasteiger partial charge in [0.1, 0.15) is 0 Å². The van der Waals surface area contributed by atoms with E-state index in [9.17, 15) is 4.79 Å². The molecule has 0 N–H and O–H groups in total. The molecule has 0 saturated heterocycles. The Labute approximate surface area is 111 Å². The number of carbonyl (C=O) groups excluding carboxylic acids is 1. The van der Waals surface area contributed by atoms with Gasteiger partial charge in [0, 0.05) is 0 Å². The Kier molecular flexibility index (Phi) is 11.3. The van der Waals surface area contributed by atoms with E-state index in [0.717, 1.165) is 25.7 Å². The number of unbranched alkanes of at least 4 members (excludes halogenated alkanes) is 2. The molecule has 2 nitrogen and oxygen atoms in total. The van der Waals surface area contributed by atoms with E-state index in [4.69, 9.17) is 4.74 Å². The Morgan fingerprint density at radius 3 is 2.33 bits per heavy atom. The maximum atomic E-state index is 11.7. The third-order valence-corrected chi connectivity index (χ3v) is 2.36. The molecule has 0 aromatic heterocycles. The van der Waals surface area contributed by atoms with Crippen LogP contribution < -0.4 is 0 Å². The lowest BCUT2D eigenvalue weighted by Crippen LogP contribution is -2.05. The molecule has 0 aliphatic rings. The van der Waals surface area contributed by atoms with Gasteiger partial charge in [0.2, 0.25) is 0 Å². The summed E-state index contributed by atoms with van der Waals surface area (Å²) in [6.45, 7) is 6.46. The van der Waals surface area contributed by atoms with Crippen LogP contribution in [0.2, 0.25) is 0 Å². The van der Waals surface area contributed by atoms with E-state index in [0.29, 0.717) is 12.2 Å². The van der Waals surface area contributed by atoms with Crippen molar-refractivity contribution in [3.05, 3.63) is 36.0 Å². The van der Waals surface area contributed by atoms with Gasteiger partial charge in [-0.3, -0.25) is 0 Å². The SMILES string of the molecule is CC/C=C/C(=C\CC/C=C/CCC)C(=O)OCC. The largest absolute Gasteiger partial charge is 0.462 e. The van der Waals surface area contributed by atoms with Crippen molar-refractivity contribution in [2.75, 3.05) is 6.61 Å². The molecule has 0 bridgehead atoms. The Hall–Kier alpha value is -1.31. The van der Waals surface area contributed by atoms with Gasteiger partial charge < -0.3 is 4.74 Å². The number of rotatable bonds is 9. The van der Waals surface area contributed by atoms with E-state index in [2.05, 4.69) is 19.1 Å². The van der Waals surface area contributed by atoms with Gasteiger partial charge in [-0.05, 0) is 32.6 Å². The van der Waals surface area contributed by atoms with Gasteiger partial charge in [-0.1, -0.05) is 50.6 Å². The fraction of sp³-hybridized carbons (Fsp3) is 0.562. The Balaban J connectivity index is 4.28. The third kappa shape index (κ3) is 8.80. The second kappa shape index (κ2) is 12.2. The van der Waals surface area contributed by atoms with Crippen molar-refractivity contribution >= 4 is 5.97 Å². The minimum absolute atomic E-state index is 0.222. The molecular weight excluding hydrogens is 224 g/mol. The number of hydrogen-bond donors (Lipinski definition) is 0. The van der Waals surface area contributed by atoms with Gasteiger partial charge in [0.25, 0.3) is 0 Å². The first-order chi connectivity index (χ1) is 8.76. The summed E-state index contributed by atoms with van der Waals surface area (Å²) < 4.78 is 5.02. The van der Waals surface area contributed by atoms with E-state index in [1.165, 1.54) is 6.42 Å². The number of carbonyl (C=O) groups is 1. The standard InChI is InChI=1S/C16H26O2/c1-4-7-9-10-11-12-14-15(13-8-5-2)16(17)18-6-3/h8-10,13-14H,4-7,11-12H2,1-3H3/b10-9+,13-8+,15-14+. The van der Waals surface area contributed by atoms with Crippen LogP contribution in [-0.2, 0) is 9.53 Å². The molecule has 0 aliphatic carbocycles. The van der Waals surface area contributed by atoms with Crippen LogP contribution in [-0.4, -0.2) is 12.6 Å². The van der Waals surface area contributed by atoms with E-state index >= 15 is 0 Å². The minimum atomic E-state index is -0.222. The molecule has 0 rings (SSSR count). The molecule has 2 heteroatoms. The molecule has 0 amide bonds. The molecular formula is C16H26O2. The highest BCUT2D eigenvalue weighted by molar-refractivity contribution is 5.91. The molecule has 0 atom stereocenters. The van der Waals surface area contributed by atoms with Crippen LogP contribution in [0.3, 0.4) is 0 Å². The quantitative estimate of drug-likeness (QED) is 0.197. The molecule has 18 heavy (non-hydrogen) atoms. The summed E-state index contributed by atoms with van der Waals surface area (Å²) in [6, 6.07) is 0. The molecule has 0 aliphatic heterocycles. The van der Waals surface area contributed by atoms with Gasteiger partial charge in [-0.2, -0.15) is 0 Å². The summed E-state index contributed by atoms with van der Waals surface area (Å²) in [5.74, 6) is -0.222. The molecule has 0 radical (unpaired) electrons. The zero-order valence-electron chi connectivity index (χ0n) is 11.9. The van der Waals surface area contributed by atoms with Crippen LogP contribution in [0, 0.1) is 0 Å². The highest BCUT2D eigenvalue weighted by Crippen LogP contribution is 2.06. The monoisotopic (exact) mass is 250 g/mol. The predicted octanol–water partition coefficient (Wildman–Crippen LogP) is 4.58. The Morgan fingerprint density at radius 2 is 1.72 bits per heavy atom. The van der Waals surface area contributed by atoms with Crippen LogP contribution in [0.4, 0.5) is 0 Å². The summed E-state index contributed by atoms with van der Waals surface area (Å²) in [7, 11) is 0. The summed E-state index contributed by atoms with van der Waals surface area (Å²) in [5.41, 5.74) is 0.669. The first-order valence-electron chi connectivity index (χ1n) is 6.95. The highest BCUT2D eigenvalue weighted by atomic mass is 16.5. The minimum Gasteiger partial charge on any atom is -0.462 e. The lowest BCUT2D eigenvalue weighted by atomic mass is 10.1. The van der Waals surface area contributed by atoms with Crippen molar-refractivity contribution in [2.24, 2.45) is 0 Å². The summed E-state index contributed by atoms with van der Waals surface area (Å²) in [6.07, 6.45) is 15.2. The van der Waals surface area contributed by atoms with E-state index in [-0.39, 0.29) is 5.97 Å². The van der Waals surface area contributed by atoms with Crippen LogP contribution >= 0.6 is 0 Å². The topological polar surface area (TPSA) is 26.3 Å². The molecule has 0 fully saturated rings. The molecule has 0 spiro atoms. The maximum Gasteiger partial charge on any atom is 0.337 e. The van der Waals surface area contributed by atoms with Crippen molar-refractivity contribution in [1.29, 1.82) is 0 Å². The first kappa shape index (κ1) is 16.7. The van der Waals surface area contributed by atoms with Crippen molar-refractivity contribution < 1.29 is 9.53 Å². The zero-order chi connectivity index (χ0) is 13.6. The van der Waals surface area contributed by atoms with Crippen LogP contribution in [0.25, 0.3) is 0 Å². The summed E-state index contributed by atoms with van der Waals surface area (Å²) >= 11 is 0. The molecule has 0 unspecified atom stereocenters. The van der Waals surface area contributed by atoms with Gasteiger partial charge in [-0.15, -0.1) is 0 Å². The first-order valence-corrected chi connectivity index (χ1v) is 6.95. The molecule has 0 aromatic carbocycles. The summed E-state index contributed by atoms with van der Waals surface area (Å²) in [5, 5.41) is 0. The van der Waals surface area contributed by atoms with E-state index in [1.54, 1.807) is 0 Å². The molecule has 0 saturated carbocycles. The van der Waals surface area contributed by atoms with Crippen molar-refractivity contribution in [3.8, 4) is 0 Å².